The number of hydrogen-bond acceptors (Lipinski definition) is 4. The number of fused-ring (bicyclic) bond motifs is 1. The Labute approximate surface area is 71.8 Å². The second-order valence-electron chi connectivity index (χ2n) is 2.17. The fraction of sp³-hybridized carbons (Fsp3) is 0. The van der Waals surface area contributed by atoms with Gasteiger partial charge in [0.05, 0.1) is 6.20 Å². The molecule has 5 nitrogen and oxygen atoms in total. The van der Waals surface area contributed by atoms with Gasteiger partial charge in [-0.25, -0.2) is 10.8 Å². The minimum Gasteiger partial charge on any atom is -0.289 e. The first kappa shape index (κ1) is 7.26. The van der Waals surface area contributed by atoms with Gasteiger partial charge < -0.3 is 0 Å². The van der Waals surface area contributed by atoms with Crippen LogP contribution in [0.25, 0.3) is 4.96 Å². The molecule has 62 valence electrons. The Morgan fingerprint density at radius 1 is 1.75 bits per heavy atom. The van der Waals surface area contributed by atoms with Crippen LogP contribution >= 0.6 is 11.3 Å². The largest absolute Gasteiger partial charge is 0.289 e. The number of carbonyl (C=O) groups is 1. The first-order chi connectivity index (χ1) is 5.83. The highest BCUT2D eigenvalue weighted by Gasteiger charge is 2.10. The summed E-state index contributed by atoms with van der Waals surface area (Å²) in [4.78, 5) is 15.9. The van der Waals surface area contributed by atoms with Crippen molar-refractivity contribution < 1.29 is 4.79 Å². The van der Waals surface area contributed by atoms with Crippen LogP contribution in [0, 0.1) is 0 Å². The minimum atomic E-state index is -0.332. The van der Waals surface area contributed by atoms with Gasteiger partial charge in [0.2, 0.25) is 0 Å². The van der Waals surface area contributed by atoms with E-state index in [9.17, 15) is 4.79 Å². The van der Waals surface area contributed by atoms with Crippen LogP contribution < -0.4 is 11.3 Å². The van der Waals surface area contributed by atoms with Crippen molar-refractivity contribution in [1.82, 2.24) is 14.8 Å². The maximum absolute atomic E-state index is 11.1. The van der Waals surface area contributed by atoms with Crippen LogP contribution in [0.15, 0.2) is 17.8 Å². The van der Waals surface area contributed by atoms with Crippen LogP contribution in [0.4, 0.5) is 0 Å². The number of carbonyl (C=O) groups excluding carboxylic acids is 1. The first-order valence-corrected chi connectivity index (χ1v) is 4.12. The zero-order chi connectivity index (χ0) is 8.55. The number of nitrogens with two attached hydrogens (primary N) is 1. The quantitative estimate of drug-likeness (QED) is 0.370. The number of nitrogens with zero attached hydrogens (tertiary/aromatic N) is 2. The van der Waals surface area contributed by atoms with E-state index in [1.165, 1.54) is 17.5 Å². The van der Waals surface area contributed by atoms with E-state index < -0.39 is 0 Å². The summed E-state index contributed by atoms with van der Waals surface area (Å²) in [5, 5.41) is 1.86. The molecule has 0 radical (unpaired) electrons. The highest BCUT2D eigenvalue weighted by molar-refractivity contribution is 7.15. The fourth-order valence-corrected chi connectivity index (χ4v) is 1.66. The van der Waals surface area contributed by atoms with Gasteiger partial charge in [-0.1, -0.05) is 0 Å². The van der Waals surface area contributed by atoms with Gasteiger partial charge in [-0.15, -0.1) is 11.3 Å². The Bertz CT molecular complexity index is 418. The zero-order valence-corrected chi connectivity index (χ0v) is 6.84. The normalized spacial score (nSPS) is 10.4. The van der Waals surface area contributed by atoms with Crippen LogP contribution in [0.5, 0.6) is 0 Å². The van der Waals surface area contributed by atoms with E-state index in [1.54, 1.807) is 10.6 Å². The summed E-state index contributed by atoms with van der Waals surface area (Å²) in [5.74, 6) is 4.65. The molecule has 2 rings (SSSR count). The molecule has 0 aliphatic heterocycles. The molecular weight excluding hydrogens is 176 g/mol. The topological polar surface area (TPSA) is 72.4 Å². The number of amides is 1. The Kier molecular flexibility index (Phi) is 1.56. The molecule has 0 spiro atoms. The van der Waals surface area contributed by atoms with Gasteiger partial charge in [0, 0.05) is 11.6 Å². The molecule has 6 heteroatoms. The van der Waals surface area contributed by atoms with E-state index >= 15 is 0 Å². The number of rotatable bonds is 1. The van der Waals surface area contributed by atoms with E-state index in [1.807, 2.05) is 5.38 Å². The van der Waals surface area contributed by atoms with E-state index in [4.69, 9.17) is 5.84 Å². The molecule has 1 amide bonds. The summed E-state index contributed by atoms with van der Waals surface area (Å²) in [6, 6.07) is 0. The SMILES string of the molecule is NNC(=O)c1cnc2sccn12. The van der Waals surface area contributed by atoms with Gasteiger partial charge in [-0.2, -0.15) is 0 Å². The number of hydrazine groups is 1. The zero-order valence-electron chi connectivity index (χ0n) is 6.02. The number of aromatic nitrogens is 2. The smallest absolute Gasteiger partial charge is 0.283 e. The lowest BCUT2D eigenvalue weighted by Crippen LogP contribution is -2.30. The monoisotopic (exact) mass is 182 g/mol. The summed E-state index contributed by atoms with van der Waals surface area (Å²) in [5.41, 5.74) is 2.51. The van der Waals surface area contributed by atoms with Crippen molar-refractivity contribution in [1.29, 1.82) is 0 Å². The third-order valence-electron chi connectivity index (χ3n) is 1.51. The van der Waals surface area contributed by atoms with Crippen molar-refractivity contribution in [3.05, 3.63) is 23.5 Å². The van der Waals surface area contributed by atoms with Crippen molar-refractivity contribution in [2.75, 3.05) is 0 Å². The second kappa shape index (κ2) is 2.58. The van der Waals surface area contributed by atoms with E-state index in [0.29, 0.717) is 5.69 Å². The second-order valence-corrected chi connectivity index (χ2v) is 3.05. The summed E-state index contributed by atoms with van der Waals surface area (Å²) < 4.78 is 1.69. The van der Waals surface area contributed by atoms with Crippen LogP contribution in [0.2, 0.25) is 0 Å². The van der Waals surface area contributed by atoms with Crippen LogP contribution in [0.1, 0.15) is 10.5 Å². The molecule has 12 heavy (non-hydrogen) atoms. The third kappa shape index (κ3) is 0.892. The summed E-state index contributed by atoms with van der Waals surface area (Å²) in [6.07, 6.45) is 3.27. The van der Waals surface area contributed by atoms with Gasteiger partial charge in [-0.05, 0) is 0 Å². The van der Waals surface area contributed by atoms with E-state index in [2.05, 4.69) is 10.4 Å². The maximum Gasteiger partial charge on any atom is 0.283 e. The molecule has 0 saturated carbocycles. The number of hydrogen-bond donors (Lipinski definition) is 2. The van der Waals surface area contributed by atoms with Crippen molar-refractivity contribution in [2.45, 2.75) is 0 Å². The number of imidazole rings is 1. The fourth-order valence-electron chi connectivity index (χ4n) is 0.969. The molecule has 0 atom stereocenters. The maximum atomic E-state index is 11.1. The molecule has 0 unspecified atom stereocenters. The Hall–Kier alpha value is -1.40. The summed E-state index contributed by atoms with van der Waals surface area (Å²) >= 11 is 1.47. The van der Waals surface area contributed by atoms with Crippen LogP contribution in [0.3, 0.4) is 0 Å². The average molecular weight is 182 g/mol. The van der Waals surface area contributed by atoms with Gasteiger partial charge in [0.15, 0.2) is 4.96 Å². The van der Waals surface area contributed by atoms with Gasteiger partial charge >= 0.3 is 0 Å². The van der Waals surface area contributed by atoms with Crippen molar-refractivity contribution >= 4 is 22.2 Å². The molecule has 2 aromatic rings. The Balaban J connectivity index is 2.61. The van der Waals surface area contributed by atoms with E-state index in [-0.39, 0.29) is 5.91 Å². The summed E-state index contributed by atoms with van der Waals surface area (Å²) in [7, 11) is 0. The van der Waals surface area contributed by atoms with Crippen molar-refractivity contribution in [3.8, 4) is 0 Å². The van der Waals surface area contributed by atoms with Crippen LogP contribution in [-0.4, -0.2) is 15.3 Å². The predicted molar refractivity (Wildman–Crippen MR) is 44.7 cm³/mol. The number of nitrogens with one attached hydrogen (secondary N) is 1. The molecular formula is C6H6N4OS. The highest BCUT2D eigenvalue weighted by atomic mass is 32.1. The standard InChI is InChI=1S/C6H6N4OS/c7-9-5(11)4-3-8-6-10(4)1-2-12-6/h1-3H,7H2,(H,9,11). The molecule has 3 N–H and O–H groups in total. The lowest BCUT2D eigenvalue weighted by Gasteiger charge is -1.94. The van der Waals surface area contributed by atoms with Gasteiger partial charge in [0.25, 0.3) is 5.91 Å². The Morgan fingerprint density at radius 2 is 2.58 bits per heavy atom. The van der Waals surface area contributed by atoms with Gasteiger partial charge in [0.1, 0.15) is 5.69 Å². The number of nitrogen functional groups attached to an aromatic ring is 1. The molecule has 0 bridgehead atoms. The Morgan fingerprint density at radius 3 is 3.33 bits per heavy atom. The lowest BCUT2D eigenvalue weighted by molar-refractivity contribution is 0.0948. The average Bonchev–Trinajstić information content (AvgIpc) is 2.62. The molecule has 0 aliphatic rings. The number of thiazole rings is 1. The van der Waals surface area contributed by atoms with Crippen molar-refractivity contribution in [2.24, 2.45) is 5.84 Å². The van der Waals surface area contributed by atoms with Crippen molar-refractivity contribution in [3.63, 3.8) is 0 Å². The van der Waals surface area contributed by atoms with Crippen LogP contribution in [-0.2, 0) is 0 Å². The minimum absolute atomic E-state index is 0.332. The molecule has 0 saturated heterocycles. The predicted octanol–water partition coefficient (Wildman–Crippen LogP) is -0.000700. The molecule has 0 fully saturated rings. The first-order valence-electron chi connectivity index (χ1n) is 3.24. The molecule has 2 aromatic heterocycles. The lowest BCUT2D eigenvalue weighted by atomic mass is 10.4. The highest BCUT2D eigenvalue weighted by Crippen LogP contribution is 2.11. The van der Waals surface area contributed by atoms with E-state index in [0.717, 1.165) is 4.96 Å². The summed E-state index contributed by atoms with van der Waals surface area (Å²) in [6.45, 7) is 0. The molecule has 2 heterocycles. The van der Waals surface area contributed by atoms with Gasteiger partial charge in [-0.3, -0.25) is 14.6 Å². The third-order valence-corrected chi connectivity index (χ3v) is 2.28. The molecule has 0 aliphatic carbocycles. The molecule has 0 aromatic carbocycles.